The standard InChI is InChI=1S/C11H13N3S.C4H4O4/c1-2-9-10(8-15-11(9)13-3-1)14-6-4-12-5-7-14;5-3(6)1-2-4(7)8/h1-3,8,12H,4-7H2;1-2H,(H,5,6)(H,7,8)/b;2-1-. The fraction of sp³-hybridized carbons (Fsp3) is 0.267. The summed E-state index contributed by atoms with van der Waals surface area (Å²) in [5.41, 5.74) is 1.35. The van der Waals surface area contributed by atoms with E-state index in [1.54, 1.807) is 11.3 Å². The molecule has 7 nitrogen and oxygen atoms in total. The molecule has 3 N–H and O–H groups in total. The number of carboxylic acid groups (broad SMARTS) is 2. The van der Waals surface area contributed by atoms with Crippen molar-refractivity contribution in [1.82, 2.24) is 10.3 Å². The Morgan fingerprint density at radius 3 is 2.48 bits per heavy atom. The van der Waals surface area contributed by atoms with Gasteiger partial charge in [-0.15, -0.1) is 11.3 Å². The monoisotopic (exact) mass is 335 g/mol. The van der Waals surface area contributed by atoms with Crippen molar-refractivity contribution in [1.29, 1.82) is 0 Å². The molecule has 1 saturated heterocycles. The van der Waals surface area contributed by atoms with Gasteiger partial charge in [-0.25, -0.2) is 14.6 Å². The van der Waals surface area contributed by atoms with Crippen LogP contribution in [0.3, 0.4) is 0 Å². The van der Waals surface area contributed by atoms with Gasteiger partial charge in [0, 0.05) is 55.3 Å². The maximum atomic E-state index is 9.55. The Labute approximate surface area is 136 Å². The smallest absolute Gasteiger partial charge is 0.328 e. The predicted octanol–water partition coefficient (Wildman–Crippen LogP) is 1.42. The Bertz CT molecular complexity index is 692. The number of thiophene rings is 1. The first-order valence-corrected chi connectivity index (χ1v) is 7.87. The zero-order valence-electron chi connectivity index (χ0n) is 12.3. The molecule has 0 bridgehead atoms. The van der Waals surface area contributed by atoms with Gasteiger partial charge in [0.25, 0.3) is 0 Å². The zero-order chi connectivity index (χ0) is 16.7. The number of fused-ring (bicyclic) bond motifs is 1. The van der Waals surface area contributed by atoms with E-state index in [2.05, 4.69) is 26.6 Å². The summed E-state index contributed by atoms with van der Waals surface area (Å²) in [5, 5.41) is 22.5. The summed E-state index contributed by atoms with van der Waals surface area (Å²) in [6.07, 6.45) is 2.98. The minimum atomic E-state index is -1.26. The molecule has 0 spiro atoms. The lowest BCUT2D eigenvalue weighted by Gasteiger charge is -2.28. The maximum absolute atomic E-state index is 9.55. The average molecular weight is 335 g/mol. The van der Waals surface area contributed by atoms with Crippen LogP contribution in [0, 0.1) is 0 Å². The van der Waals surface area contributed by atoms with Crippen LogP contribution in [0.5, 0.6) is 0 Å². The van der Waals surface area contributed by atoms with Crippen molar-refractivity contribution in [2.24, 2.45) is 0 Å². The van der Waals surface area contributed by atoms with Crippen molar-refractivity contribution in [3.05, 3.63) is 35.9 Å². The number of nitrogens with one attached hydrogen (secondary N) is 1. The zero-order valence-corrected chi connectivity index (χ0v) is 13.1. The van der Waals surface area contributed by atoms with Crippen LogP contribution in [0.25, 0.3) is 10.2 Å². The molecule has 0 amide bonds. The van der Waals surface area contributed by atoms with E-state index in [0.29, 0.717) is 12.2 Å². The molecule has 0 atom stereocenters. The van der Waals surface area contributed by atoms with E-state index in [-0.39, 0.29) is 0 Å². The SMILES string of the molecule is O=C(O)/C=C\C(=O)O.c1cnc2scc(N3CCNCC3)c2c1. The number of anilines is 1. The molecule has 2 aromatic rings. The highest BCUT2D eigenvalue weighted by atomic mass is 32.1. The van der Waals surface area contributed by atoms with Crippen LogP contribution < -0.4 is 10.2 Å². The van der Waals surface area contributed by atoms with E-state index in [4.69, 9.17) is 10.2 Å². The Morgan fingerprint density at radius 1 is 1.22 bits per heavy atom. The van der Waals surface area contributed by atoms with E-state index in [1.165, 1.54) is 11.1 Å². The number of rotatable bonds is 3. The minimum absolute atomic E-state index is 0.558. The first kappa shape index (κ1) is 16.9. The van der Waals surface area contributed by atoms with Gasteiger partial charge in [0.05, 0.1) is 5.69 Å². The fourth-order valence-electron chi connectivity index (χ4n) is 2.15. The van der Waals surface area contributed by atoms with Gasteiger partial charge in [0.1, 0.15) is 4.83 Å². The maximum Gasteiger partial charge on any atom is 0.328 e. The van der Waals surface area contributed by atoms with Crippen LogP contribution in [-0.4, -0.2) is 53.3 Å². The summed E-state index contributed by atoms with van der Waals surface area (Å²) in [5.74, 6) is -2.51. The number of hydrogen-bond acceptors (Lipinski definition) is 6. The molecule has 3 rings (SSSR count). The molecular weight excluding hydrogens is 318 g/mol. The predicted molar refractivity (Wildman–Crippen MR) is 89.1 cm³/mol. The van der Waals surface area contributed by atoms with Gasteiger partial charge in [0.2, 0.25) is 0 Å². The third kappa shape index (κ3) is 5.04. The number of carbonyl (C=O) groups is 2. The number of pyridine rings is 1. The molecule has 0 aromatic carbocycles. The second-order valence-corrected chi connectivity index (χ2v) is 5.58. The molecule has 0 unspecified atom stereocenters. The highest BCUT2D eigenvalue weighted by Gasteiger charge is 2.14. The lowest BCUT2D eigenvalue weighted by atomic mass is 10.2. The molecule has 1 aliphatic rings. The number of aliphatic carboxylic acids is 2. The van der Waals surface area contributed by atoms with E-state index >= 15 is 0 Å². The van der Waals surface area contributed by atoms with Gasteiger partial charge < -0.3 is 20.4 Å². The number of nitrogens with zero attached hydrogens (tertiary/aromatic N) is 2. The summed E-state index contributed by atoms with van der Waals surface area (Å²) in [6.45, 7) is 4.36. The molecule has 122 valence electrons. The summed E-state index contributed by atoms with van der Waals surface area (Å²) >= 11 is 1.73. The van der Waals surface area contributed by atoms with Gasteiger partial charge >= 0.3 is 11.9 Å². The number of aromatic nitrogens is 1. The minimum Gasteiger partial charge on any atom is -0.478 e. The molecule has 8 heteroatoms. The van der Waals surface area contributed by atoms with Gasteiger partial charge in [-0.1, -0.05) is 0 Å². The van der Waals surface area contributed by atoms with Crippen molar-refractivity contribution < 1.29 is 19.8 Å². The molecule has 1 fully saturated rings. The Balaban J connectivity index is 0.000000207. The van der Waals surface area contributed by atoms with Gasteiger partial charge in [-0.3, -0.25) is 0 Å². The van der Waals surface area contributed by atoms with Gasteiger partial charge in [0.15, 0.2) is 0 Å². The summed E-state index contributed by atoms with van der Waals surface area (Å²) < 4.78 is 0. The number of piperazine rings is 1. The van der Waals surface area contributed by atoms with Crippen molar-refractivity contribution in [3.8, 4) is 0 Å². The van der Waals surface area contributed by atoms with Gasteiger partial charge in [-0.05, 0) is 12.1 Å². The molecule has 2 aromatic heterocycles. The molecule has 0 aliphatic carbocycles. The first-order chi connectivity index (χ1) is 11.1. The Morgan fingerprint density at radius 2 is 1.87 bits per heavy atom. The third-order valence-electron chi connectivity index (χ3n) is 3.16. The van der Waals surface area contributed by atoms with Crippen molar-refractivity contribution in [2.75, 3.05) is 31.1 Å². The Hall–Kier alpha value is -2.45. The summed E-state index contributed by atoms with van der Waals surface area (Å²) in [4.78, 5) is 27.1. The fourth-order valence-corrected chi connectivity index (χ4v) is 3.07. The molecular formula is C15H17N3O4S. The Kier molecular flexibility index (Phi) is 6.07. The first-order valence-electron chi connectivity index (χ1n) is 6.99. The number of carboxylic acids is 2. The lowest BCUT2D eigenvalue weighted by Crippen LogP contribution is -2.43. The van der Waals surface area contributed by atoms with E-state index in [0.717, 1.165) is 31.0 Å². The molecule has 0 saturated carbocycles. The molecule has 1 aliphatic heterocycles. The van der Waals surface area contributed by atoms with Crippen LogP contribution in [0.4, 0.5) is 5.69 Å². The highest BCUT2D eigenvalue weighted by Crippen LogP contribution is 2.31. The highest BCUT2D eigenvalue weighted by molar-refractivity contribution is 7.17. The quantitative estimate of drug-likeness (QED) is 0.729. The third-order valence-corrected chi connectivity index (χ3v) is 4.05. The average Bonchev–Trinajstić information content (AvgIpc) is 2.98. The van der Waals surface area contributed by atoms with Gasteiger partial charge in [-0.2, -0.15) is 0 Å². The van der Waals surface area contributed by atoms with Crippen LogP contribution in [0.2, 0.25) is 0 Å². The second-order valence-electron chi connectivity index (χ2n) is 4.72. The van der Waals surface area contributed by atoms with E-state index in [1.807, 2.05) is 12.3 Å². The largest absolute Gasteiger partial charge is 0.478 e. The van der Waals surface area contributed by atoms with Crippen molar-refractivity contribution >= 4 is 39.2 Å². The van der Waals surface area contributed by atoms with Crippen molar-refractivity contribution in [2.45, 2.75) is 0 Å². The molecule has 3 heterocycles. The summed E-state index contributed by atoms with van der Waals surface area (Å²) in [6, 6.07) is 4.18. The lowest BCUT2D eigenvalue weighted by molar-refractivity contribution is -0.134. The number of hydrogen-bond donors (Lipinski definition) is 3. The van der Waals surface area contributed by atoms with Crippen LogP contribution in [0.15, 0.2) is 35.9 Å². The van der Waals surface area contributed by atoms with Crippen LogP contribution >= 0.6 is 11.3 Å². The van der Waals surface area contributed by atoms with E-state index in [9.17, 15) is 9.59 Å². The van der Waals surface area contributed by atoms with Crippen molar-refractivity contribution in [3.63, 3.8) is 0 Å². The van der Waals surface area contributed by atoms with Crippen LogP contribution in [0.1, 0.15) is 0 Å². The van der Waals surface area contributed by atoms with Crippen LogP contribution in [-0.2, 0) is 9.59 Å². The topological polar surface area (TPSA) is 103 Å². The molecule has 23 heavy (non-hydrogen) atoms. The summed E-state index contributed by atoms with van der Waals surface area (Å²) in [7, 11) is 0. The second kappa shape index (κ2) is 8.25. The normalized spacial score (nSPS) is 14.5. The van der Waals surface area contributed by atoms with E-state index < -0.39 is 11.9 Å². The molecule has 0 radical (unpaired) electrons.